The molecule has 0 heterocycles. The van der Waals surface area contributed by atoms with Crippen LogP contribution >= 0.6 is 0 Å². The first-order valence-electron chi connectivity index (χ1n) is 5.68. The third-order valence-electron chi connectivity index (χ3n) is 2.05. The summed E-state index contributed by atoms with van der Waals surface area (Å²) in [6.45, 7) is 10.7. The molecule has 96 valence electrons. The Hall–Kier alpha value is -1.58. The van der Waals surface area contributed by atoms with Gasteiger partial charge in [-0.15, -0.1) is 0 Å². The Morgan fingerprint density at radius 2 is 1.71 bits per heavy atom. The van der Waals surface area contributed by atoms with E-state index in [0.29, 0.717) is 29.9 Å². The summed E-state index contributed by atoms with van der Waals surface area (Å²) in [6, 6.07) is 0. The fraction of sp³-hybridized carbons (Fsp3) is 0.538. The van der Waals surface area contributed by atoms with Crippen molar-refractivity contribution in [3.05, 3.63) is 23.5 Å². The van der Waals surface area contributed by atoms with Gasteiger partial charge in [-0.05, 0) is 20.3 Å². The van der Waals surface area contributed by atoms with Gasteiger partial charge in [0, 0.05) is 12.0 Å². The lowest BCUT2D eigenvalue weighted by Crippen LogP contribution is -2.12. The third-order valence-corrected chi connectivity index (χ3v) is 2.05. The van der Waals surface area contributed by atoms with E-state index in [2.05, 4.69) is 6.58 Å². The van der Waals surface area contributed by atoms with Crippen LogP contribution < -0.4 is 0 Å². The third kappa shape index (κ3) is 5.33. The summed E-state index contributed by atoms with van der Waals surface area (Å²) in [6.07, 6.45) is 1.21. The van der Waals surface area contributed by atoms with E-state index in [1.165, 1.54) is 0 Å². The Labute approximate surface area is 102 Å². The van der Waals surface area contributed by atoms with Gasteiger partial charge in [0.05, 0.1) is 12.2 Å². The molecule has 0 aromatic rings. The van der Waals surface area contributed by atoms with Crippen LogP contribution in [0.15, 0.2) is 23.5 Å². The molecule has 0 rings (SSSR count). The van der Waals surface area contributed by atoms with Crippen molar-refractivity contribution in [2.75, 3.05) is 6.61 Å². The predicted octanol–water partition coefficient (Wildman–Crippen LogP) is 2.74. The molecule has 0 saturated carbocycles. The zero-order chi connectivity index (χ0) is 13.4. The maximum absolute atomic E-state index is 11.6. The number of esters is 2. The summed E-state index contributed by atoms with van der Waals surface area (Å²) in [5.41, 5.74) is 0.626. The molecule has 4 nitrogen and oxygen atoms in total. The number of hydrogen-bond acceptors (Lipinski definition) is 4. The first kappa shape index (κ1) is 15.4. The molecule has 0 bridgehead atoms. The van der Waals surface area contributed by atoms with Crippen LogP contribution in [0.1, 0.15) is 40.5 Å². The van der Waals surface area contributed by atoms with E-state index in [9.17, 15) is 9.59 Å². The molecule has 0 N–H and O–H groups in total. The van der Waals surface area contributed by atoms with E-state index in [1.54, 1.807) is 20.8 Å². The standard InChI is InChI=1S/C13H20O4/c1-6-8-16-13(15)10(5)11(7-2)17-12(14)9(3)4/h3,6-8H2,1-2,4-5H3/b11-10-. The second-order valence-corrected chi connectivity index (χ2v) is 3.71. The number of carbonyl (C=O) groups is 2. The van der Waals surface area contributed by atoms with Gasteiger partial charge in [0.25, 0.3) is 0 Å². The minimum absolute atomic E-state index is 0.297. The van der Waals surface area contributed by atoms with Crippen molar-refractivity contribution in [1.82, 2.24) is 0 Å². The summed E-state index contributed by atoms with van der Waals surface area (Å²) in [5, 5.41) is 0. The Morgan fingerprint density at radius 3 is 2.12 bits per heavy atom. The van der Waals surface area contributed by atoms with Crippen LogP contribution in [-0.2, 0) is 19.1 Å². The highest BCUT2D eigenvalue weighted by atomic mass is 16.5. The zero-order valence-electron chi connectivity index (χ0n) is 11.0. The molecule has 0 aromatic heterocycles. The average Bonchev–Trinajstić information content (AvgIpc) is 2.31. The molecular weight excluding hydrogens is 220 g/mol. The van der Waals surface area contributed by atoms with E-state index < -0.39 is 11.9 Å². The van der Waals surface area contributed by atoms with E-state index in [0.717, 1.165) is 6.42 Å². The SMILES string of the molecule is C=C(C)C(=O)O/C(CC)=C(/C)C(=O)OCCC. The van der Waals surface area contributed by atoms with E-state index in [-0.39, 0.29) is 0 Å². The van der Waals surface area contributed by atoms with Gasteiger partial charge in [-0.1, -0.05) is 20.4 Å². The van der Waals surface area contributed by atoms with Crippen molar-refractivity contribution in [2.45, 2.75) is 40.5 Å². The summed E-state index contributed by atoms with van der Waals surface area (Å²) < 4.78 is 10.0. The minimum atomic E-state index is -0.524. The number of ether oxygens (including phenoxy) is 2. The lowest BCUT2D eigenvalue weighted by Gasteiger charge is -2.10. The summed E-state index contributed by atoms with van der Waals surface area (Å²) >= 11 is 0. The van der Waals surface area contributed by atoms with E-state index in [1.807, 2.05) is 6.92 Å². The minimum Gasteiger partial charge on any atom is -0.462 e. The summed E-state index contributed by atoms with van der Waals surface area (Å²) in [7, 11) is 0. The summed E-state index contributed by atoms with van der Waals surface area (Å²) in [4.78, 5) is 22.9. The van der Waals surface area contributed by atoms with Crippen LogP contribution in [0.2, 0.25) is 0 Å². The Morgan fingerprint density at radius 1 is 1.12 bits per heavy atom. The number of rotatable bonds is 6. The molecule has 0 spiro atoms. The quantitative estimate of drug-likeness (QED) is 0.407. The van der Waals surface area contributed by atoms with Crippen LogP contribution in [0.4, 0.5) is 0 Å². The van der Waals surface area contributed by atoms with Gasteiger partial charge < -0.3 is 9.47 Å². The Bertz CT molecular complexity index is 339. The van der Waals surface area contributed by atoms with Crippen molar-refractivity contribution < 1.29 is 19.1 Å². The predicted molar refractivity (Wildman–Crippen MR) is 65.1 cm³/mol. The van der Waals surface area contributed by atoms with Crippen molar-refractivity contribution >= 4 is 11.9 Å². The number of carbonyl (C=O) groups excluding carboxylic acids is 2. The molecule has 0 unspecified atom stereocenters. The van der Waals surface area contributed by atoms with Crippen LogP contribution in [0.3, 0.4) is 0 Å². The second kappa shape index (κ2) is 7.65. The smallest absolute Gasteiger partial charge is 0.338 e. The molecule has 0 aliphatic carbocycles. The normalized spacial score (nSPS) is 11.5. The van der Waals surface area contributed by atoms with Gasteiger partial charge in [0.2, 0.25) is 0 Å². The van der Waals surface area contributed by atoms with Crippen molar-refractivity contribution in [2.24, 2.45) is 0 Å². The van der Waals surface area contributed by atoms with Crippen LogP contribution in [0.25, 0.3) is 0 Å². The highest BCUT2D eigenvalue weighted by Crippen LogP contribution is 2.13. The first-order valence-corrected chi connectivity index (χ1v) is 5.68. The fourth-order valence-electron chi connectivity index (χ4n) is 1.03. The van der Waals surface area contributed by atoms with Crippen molar-refractivity contribution in [3.8, 4) is 0 Å². The van der Waals surface area contributed by atoms with Crippen molar-refractivity contribution in [1.29, 1.82) is 0 Å². The monoisotopic (exact) mass is 240 g/mol. The molecule has 0 amide bonds. The first-order chi connectivity index (χ1) is 7.93. The van der Waals surface area contributed by atoms with Crippen molar-refractivity contribution in [3.63, 3.8) is 0 Å². The molecule has 0 aromatic carbocycles. The van der Waals surface area contributed by atoms with Crippen LogP contribution in [0.5, 0.6) is 0 Å². The highest BCUT2D eigenvalue weighted by molar-refractivity contribution is 5.91. The molecule has 0 radical (unpaired) electrons. The summed E-state index contributed by atoms with van der Waals surface area (Å²) in [5.74, 6) is -0.637. The molecule has 4 heteroatoms. The van der Waals surface area contributed by atoms with Gasteiger partial charge in [0.15, 0.2) is 0 Å². The Kier molecular flexibility index (Phi) is 6.94. The Balaban J connectivity index is 4.74. The van der Waals surface area contributed by atoms with E-state index >= 15 is 0 Å². The average molecular weight is 240 g/mol. The lowest BCUT2D eigenvalue weighted by atomic mass is 10.2. The maximum atomic E-state index is 11.6. The van der Waals surface area contributed by atoms with E-state index in [4.69, 9.17) is 9.47 Å². The lowest BCUT2D eigenvalue weighted by molar-refractivity contribution is -0.139. The van der Waals surface area contributed by atoms with Gasteiger partial charge in [-0.3, -0.25) is 0 Å². The van der Waals surface area contributed by atoms with Gasteiger partial charge in [0.1, 0.15) is 5.76 Å². The van der Waals surface area contributed by atoms with Crippen LogP contribution in [-0.4, -0.2) is 18.5 Å². The van der Waals surface area contributed by atoms with Gasteiger partial charge in [-0.2, -0.15) is 0 Å². The molecule has 0 fully saturated rings. The maximum Gasteiger partial charge on any atom is 0.338 e. The molecule has 0 saturated heterocycles. The topological polar surface area (TPSA) is 52.6 Å². The molecule has 0 aliphatic heterocycles. The number of hydrogen-bond donors (Lipinski definition) is 0. The van der Waals surface area contributed by atoms with Crippen LogP contribution in [0, 0.1) is 0 Å². The largest absolute Gasteiger partial charge is 0.462 e. The van der Waals surface area contributed by atoms with Gasteiger partial charge >= 0.3 is 11.9 Å². The molecular formula is C13H20O4. The van der Waals surface area contributed by atoms with Gasteiger partial charge in [-0.25, -0.2) is 9.59 Å². The molecule has 0 aliphatic rings. The molecule has 0 atom stereocenters. The number of allylic oxidation sites excluding steroid dienone is 1. The highest BCUT2D eigenvalue weighted by Gasteiger charge is 2.15. The zero-order valence-corrected chi connectivity index (χ0v) is 11.0. The fourth-order valence-corrected chi connectivity index (χ4v) is 1.03. The second-order valence-electron chi connectivity index (χ2n) is 3.71. The molecule has 17 heavy (non-hydrogen) atoms.